The van der Waals surface area contributed by atoms with Crippen LogP contribution in [0, 0.1) is 11.7 Å². The number of aromatic nitrogens is 3. The van der Waals surface area contributed by atoms with Crippen LogP contribution < -0.4 is 5.32 Å². The molecule has 0 unspecified atom stereocenters. The average Bonchev–Trinajstić information content (AvgIpc) is 3.36. The van der Waals surface area contributed by atoms with Gasteiger partial charge >= 0.3 is 5.97 Å². The van der Waals surface area contributed by atoms with Gasteiger partial charge in [-0.25, -0.2) is 13.9 Å². The second kappa shape index (κ2) is 7.33. The van der Waals surface area contributed by atoms with Crippen molar-refractivity contribution in [3.05, 3.63) is 59.8 Å². The van der Waals surface area contributed by atoms with Crippen LogP contribution >= 0.6 is 0 Å². The Bertz CT molecular complexity index is 1230. The number of carbonyl (C=O) groups is 2. The Morgan fingerprint density at radius 1 is 1.22 bits per heavy atom. The predicted molar refractivity (Wildman–Crippen MR) is 109 cm³/mol. The molecule has 0 radical (unpaired) electrons. The van der Waals surface area contributed by atoms with Gasteiger partial charge in [-0.05, 0) is 43.9 Å². The summed E-state index contributed by atoms with van der Waals surface area (Å²) in [6, 6.07) is 5.57. The summed E-state index contributed by atoms with van der Waals surface area (Å²) in [7, 11) is 0. The van der Waals surface area contributed by atoms with Crippen LogP contribution in [0.1, 0.15) is 41.6 Å². The van der Waals surface area contributed by atoms with Gasteiger partial charge in [-0.15, -0.1) is 5.10 Å². The first kappa shape index (κ1) is 20.0. The molecule has 5 rings (SSSR count). The van der Waals surface area contributed by atoms with Crippen LogP contribution in [0.25, 0.3) is 5.69 Å². The molecule has 1 aromatic carbocycles. The second-order valence-corrected chi connectivity index (χ2v) is 7.98. The molecule has 0 saturated heterocycles. The van der Waals surface area contributed by atoms with E-state index in [4.69, 9.17) is 4.74 Å². The smallest absolute Gasteiger partial charge is 0.339 e. The number of esters is 1. The van der Waals surface area contributed by atoms with Gasteiger partial charge in [0.05, 0.1) is 5.56 Å². The molecule has 3 aromatic rings. The van der Waals surface area contributed by atoms with Crippen molar-refractivity contribution < 1.29 is 28.9 Å². The fourth-order valence-corrected chi connectivity index (χ4v) is 4.41. The number of phenolic OH excluding ortho intramolecular Hbond substituents is 2. The molecular formula is C22H19FN4O5. The van der Waals surface area contributed by atoms with Crippen LogP contribution in [-0.2, 0) is 15.1 Å². The maximum Gasteiger partial charge on any atom is 0.339 e. The maximum atomic E-state index is 14.2. The zero-order valence-corrected chi connectivity index (χ0v) is 16.8. The zero-order chi connectivity index (χ0) is 22.5. The van der Waals surface area contributed by atoms with E-state index in [2.05, 4.69) is 15.4 Å². The van der Waals surface area contributed by atoms with Crippen molar-refractivity contribution in [2.45, 2.75) is 31.3 Å². The maximum absolute atomic E-state index is 14.2. The van der Waals surface area contributed by atoms with Gasteiger partial charge in [-0.2, -0.15) is 0 Å². The number of fused-ring (bicyclic) bond motifs is 2. The lowest BCUT2D eigenvalue weighted by Crippen LogP contribution is -2.36. The number of amides is 1. The van der Waals surface area contributed by atoms with Gasteiger partial charge in [-0.1, -0.05) is 0 Å². The van der Waals surface area contributed by atoms with Gasteiger partial charge in [0.15, 0.2) is 23.1 Å². The van der Waals surface area contributed by atoms with Crippen molar-refractivity contribution in [3.63, 3.8) is 0 Å². The van der Waals surface area contributed by atoms with E-state index in [1.807, 2.05) is 0 Å². The number of nitrogens with one attached hydrogen (secondary N) is 1. The molecule has 1 saturated carbocycles. The molecule has 10 heteroatoms. The highest BCUT2D eigenvalue weighted by atomic mass is 19.1. The molecule has 2 aliphatic rings. The van der Waals surface area contributed by atoms with Crippen molar-refractivity contribution in [1.82, 2.24) is 14.8 Å². The molecule has 2 aromatic heterocycles. The summed E-state index contributed by atoms with van der Waals surface area (Å²) in [5, 5.41) is 25.8. The molecule has 1 aliphatic carbocycles. The summed E-state index contributed by atoms with van der Waals surface area (Å²) >= 11 is 0. The first-order valence-corrected chi connectivity index (χ1v) is 10.1. The van der Waals surface area contributed by atoms with Crippen molar-refractivity contribution in [3.8, 4) is 17.2 Å². The molecule has 1 fully saturated rings. The zero-order valence-electron chi connectivity index (χ0n) is 16.8. The summed E-state index contributed by atoms with van der Waals surface area (Å²) in [4.78, 5) is 29.1. The standard InChI is InChI=1S/C22H19FN4O5/c23-18-15(1-2-16(28)19(18)29)27-10-6-17(26-27)25-20(30)12-3-7-22(8-4-12)14-11-24-9-5-13(14)21(31)32-22/h1-2,5-6,9-12,28-29H,3-4,7-8H2,(H,25,26,30). The molecule has 32 heavy (non-hydrogen) atoms. The molecule has 9 nitrogen and oxygen atoms in total. The number of benzene rings is 1. The minimum atomic E-state index is -1.02. The second-order valence-electron chi connectivity index (χ2n) is 7.98. The number of rotatable bonds is 3. The van der Waals surface area contributed by atoms with E-state index < -0.39 is 22.9 Å². The molecule has 1 spiro atoms. The largest absolute Gasteiger partial charge is 0.504 e. The van der Waals surface area contributed by atoms with Crippen LogP contribution in [0.3, 0.4) is 0 Å². The van der Waals surface area contributed by atoms with E-state index in [0.717, 1.165) is 16.3 Å². The predicted octanol–water partition coefficient (Wildman–Crippen LogP) is 3.01. The van der Waals surface area contributed by atoms with Crippen LogP contribution in [0.15, 0.2) is 42.9 Å². The van der Waals surface area contributed by atoms with E-state index in [1.54, 1.807) is 18.5 Å². The quantitative estimate of drug-likeness (QED) is 0.424. The first-order valence-electron chi connectivity index (χ1n) is 10.1. The third-order valence-corrected chi connectivity index (χ3v) is 6.15. The molecule has 1 amide bonds. The Kier molecular flexibility index (Phi) is 4.58. The van der Waals surface area contributed by atoms with Gasteiger partial charge in [0, 0.05) is 36.1 Å². The number of nitrogens with zero attached hydrogens (tertiary/aromatic N) is 3. The number of anilines is 1. The summed E-state index contributed by atoms with van der Waals surface area (Å²) < 4.78 is 21.0. The molecule has 0 atom stereocenters. The minimum Gasteiger partial charge on any atom is -0.504 e. The van der Waals surface area contributed by atoms with Crippen molar-refractivity contribution in [1.29, 1.82) is 0 Å². The fraction of sp³-hybridized carbons (Fsp3) is 0.273. The average molecular weight is 438 g/mol. The van der Waals surface area contributed by atoms with Gasteiger partial charge in [0.25, 0.3) is 0 Å². The van der Waals surface area contributed by atoms with Gasteiger partial charge < -0.3 is 20.3 Å². The van der Waals surface area contributed by atoms with E-state index in [9.17, 15) is 24.2 Å². The monoisotopic (exact) mass is 438 g/mol. The first-order chi connectivity index (χ1) is 15.4. The van der Waals surface area contributed by atoms with Crippen LogP contribution in [-0.4, -0.2) is 36.9 Å². The molecular weight excluding hydrogens is 419 g/mol. The van der Waals surface area contributed by atoms with E-state index in [1.165, 1.54) is 18.3 Å². The number of aromatic hydroxyl groups is 2. The van der Waals surface area contributed by atoms with E-state index in [0.29, 0.717) is 31.2 Å². The number of ether oxygens (including phenoxy) is 1. The summed E-state index contributed by atoms with van der Waals surface area (Å²) in [6.45, 7) is 0. The summed E-state index contributed by atoms with van der Waals surface area (Å²) in [6.07, 6.45) is 6.73. The number of phenols is 2. The third kappa shape index (κ3) is 3.15. The Hall–Kier alpha value is -3.95. The third-order valence-electron chi connectivity index (χ3n) is 6.15. The van der Waals surface area contributed by atoms with E-state index >= 15 is 0 Å². The Balaban J connectivity index is 1.26. The fourth-order valence-electron chi connectivity index (χ4n) is 4.41. The van der Waals surface area contributed by atoms with Crippen molar-refractivity contribution in [2.24, 2.45) is 5.92 Å². The summed E-state index contributed by atoms with van der Waals surface area (Å²) in [5.74, 6) is -3.12. The Labute approximate surface area is 181 Å². The minimum absolute atomic E-state index is 0.0734. The number of hydrogen-bond donors (Lipinski definition) is 3. The van der Waals surface area contributed by atoms with Gasteiger partial charge in [-0.3, -0.25) is 9.78 Å². The molecule has 1 aliphatic heterocycles. The Morgan fingerprint density at radius 2 is 2.00 bits per heavy atom. The lowest BCUT2D eigenvalue weighted by molar-refractivity contribution is -0.122. The highest BCUT2D eigenvalue weighted by Gasteiger charge is 2.48. The normalized spacial score (nSPS) is 21.9. The number of halogens is 1. The van der Waals surface area contributed by atoms with Gasteiger partial charge in [0.1, 0.15) is 11.3 Å². The van der Waals surface area contributed by atoms with Crippen LogP contribution in [0.2, 0.25) is 0 Å². The highest BCUT2D eigenvalue weighted by molar-refractivity contribution is 5.95. The summed E-state index contributed by atoms with van der Waals surface area (Å²) in [5.41, 5.74) is 0.510. The molecule has 3 heterocycles. The van der Waals surface area contributed by atoms with Crippen molar-refractivity contribution >= 4 is 17.7 Å². The highest BCUT2D eigenvalue weighted by Crippen LogP contribution is 2.47. The molecule has 3 N–H and O–H groups in total. The Morgan fingerprint density at radius 3 is 2.78 bits per heavy atom. The number of hydrogen-bond acceptors (Lipinski definition) is 7. The lowest BCUT2D eigenvalue weighted by Gasteiger charge is -2.35. The molecule has 0 bridgehead atoms. The number of carbonyl (C=O) groups excluding carboxylic acids is 2. The lowest BCUT2D eigenvalue weighted by atomic mass is 9.75. The van der Waals surface area contributed by atoms with E-state index in [-0.39, 0.29) is 29.3 Å². The number of pyridine rings is 1. The van der Waals surface area contributed by atoms with Crippen LogP contribution in [0.5, 0.6) is 11.5 Å². The van der Waals surface area contributed by atoms with Crippen molar-refractivity contribution in [2.75, 3.05) is 5.32 Å². The molecule has 164 valence electrons. The van der Waals surface area contributed by atoms with Gasteiger partial charge in [0.2, 0.25) is 5.91 Å². The SMILES string of the molecule is O=C1OC2(CCC(C(=O)Nc3ccn(-c4ccc(O)c(O)c4F)n3)CC2)c2cnccc21. The topological polar surface area (TPSA) is 127 Å². The van der Waals surface area contributed by atoms with Crippen LogP contribution in [0.4, 0.5) is 10.2 Å².